The summed E-state index contributed by atoms with van der Waals surface area (Å²) >= 11 is 0. The molecule has 34 heavy (non-hydrogen) atoms. The summed E-state index contributed by atoms with van der Waals surface area (Å²) in [6, 6.07) is -2.23. The number of aliphatic hydroxyl groups is 4. The highest BCUT2D eigenvalue weighted by molar-refractivity contribution is 5.73. The van der Waals surface area contributed by atoms with Crippen molar-refractivity contribution in [2.75, 3.05) is 19.8 Å². The molecule has 190 valence electrons. The Labute approximate surface area is 200 Å². The predicted octanol–water partition coefficient (Wildman–Crippen LogP) is -0.699. The molecule has 0 aromatic carbocycles. The third-order valence-corrected chi connectivity index (χ3v) is 9.00. The first-order valence-corrected chi connectivity index (χ1v) is 12.8. The fraction of sp³-hybridized carbons (Fsp3) is 0.875. The number of rotatable bonds is 8. The number of amides is 1. The molecule has 4 aliphatic carbocycles. The second-order valence-electron chi connectivity index (χ2n) is 11.5. The molecule has 4 saturated carbocycles. The van der Waals surface area contributed by atoms with E-state index in [1.807, 2.05) is 10.9 Å². The number of hydrogen-bond acceptors (Lipinski definition) is 8. The highest BCUT2D eigenvalue weighted by atomic mass is 16.3. The molecular formula is C24H39N5O5. The molecule has 10 heteroatoms. The predicted molar refractivity (Wildman–Crippen MR) is 122 cm³/mol. The van der Waals surface area contributed by atoms with Gasteiger partial charge < -0.3 is 25.7 Å². The largest absolute Gasteiger partial charge is 0.395 e. The van der Waals surface area contributed by atoms with Crippen LogP contribution in [0, 0.1) is 23.2 Å². The molecule has 1 aromatic rings. The number of nitrogens with zero attached hydrogens (tertiary/aromatic N) is 4. The monoisotopic (exact) mass is 477 g/mol. The SMILES string of the molecule is CC(=O)N[C@@H]1[C@@H](O)[C@H](O)[C@@H](CO)N(CCc2cn(CC34CC5C[C@H](C3)C[C@H](C5)C4)nn2)[C@@H]1CO. The summed E-state index contributed by atoms with van der Waals surface area (Å²) in [5.74, 6) is 2.30. The Bertz CT molecular complexity index is 842. The van der Waals surface area contributed by atoms with Gasteiger partial charge in [0.05, 0.1) is 43.1 Å². The number of aromatic nitrogens is 3. The Hall–Kier alpha value is -1.59. The van der Waals surface area contributed by atoms with E-state index in [0.29, 0.717) is 18.4 Å². The van der Waals surface area contributed by atoms with Crippen LogP contribution in [0.4, 0.5) is 0 Å². The third kappa shape index (κ3) is 4.51. The summed E-state index contributed by atoms with van der Waals surface area (Å²) in [6.45, 7) is 1.94. The fourth-order valence-electron chi connectivity index (χ4n) is 8.10. The molecule has 2 heterocycles. The Morgan fingerprint density at radius 1 is 1.06 bits per heavy atom. The van der Waals surface area contributed by atoms with Gasteiger partial charge in [0.1, 0.15) is 6.10 Å². The summed E-state index contributed by atoms with van der Waals surface area (Å²) in [5, 5.41) is 52.5. The van der Waals surface area contributed by atoms with Gasteiger partial charge in [-0.3, -0.25) is 14.4 Å². The summed E-state index contributed by atoms with van der Waals surface area (Å²) in [4.78, 5) is 13.4. The maximum atomic E-state index is 11.7. The van der Waals surface area contributed by atoms with Gasteiger partial charge in [-0.05, 0) is 61.7 Å². The molecule has 1 saturated heterocycles. The lowest BCUT2D eigenvalue weighted by Gasteiger charge is -2.56. The zero-order valence-corrected chi connectivity index (χ0v) is 20.0. The van der Waals surface area contributed by atoms with Crippen molar-refractivity contribution in [3.63, 3.8) is 0 Å². The number of hydrogen-bond donors (Lipinski definition) is 5. The second kappa shape index (κ2) is 9.46. The van der Waals surface area contributed by atoms with Crippen molar-refractivity contribution < 1.29 is 25.2 Å². The van der Waals surface area contributed by atoms with Gasteiger partial charge in [-0.2, -0.15) is 0 Å². The normalized spacial score (nSPS) is 41.7. The van der Waals surface area contributed by atoms with Crippen LogP contribution < -0.4 is 5.32 Å². The lowest BCUT2D eigenvalue weighted by atomic mass is 9.49. The van der Waals surface area contributed by atoms with E-state index < -0.39 is 30.3 Å². The maximum Gasteiger partial charge on any atom is 0.217 e. The first kappa shape index (κ1) is 24.1. The van der Waals surface area contributed by atoms with Crippen molar-refractivity contribution in [3.8, 4) is 0 Å². The van der Waals surface area contributed by atoms with Gasteiger partial charge in [-0.1, -0.05) is 5.21 Å². The highest BCUT2D eigenvalue weighted by Crippen LogP contribution is 2.60. The number of likely N-dealkylation sites (tertiary alicyclic amines) is 1. The third-order valence-electron chi connectivity index (χ3n) is 9.00. The molecule has 4 bridgehead atoms. The number of carbonyl (C=O) groups excluding carboxylic acids is 1. The van der Waals surface area contributed by atoms with Crippen LogP contribution in [0.5, 0.6) is 0 Å². The van der Waals surface area contributed by atoms with E-state index in [1.165, 1.54) is 45.4 Å². The van der Waals surface area contributed by atoms with Crippen molar-refractivity contribution in [2.45, 2.75) is 88.7 Å². The lowest BCUT2D eigenvalue weighted by Crippen LogP contribution is -2.72. The van der Waals surface area contributed by atoms with E-state index in [-0.39, 0.29) is 19.1 Å². The minimum Gasteiger partial charge on any atom is -0.395 e. The molecule has 6 rings (SSSR count). The van der Waals surface area contributed by atoms with Gasteiger partial charge >= 0.3 is 0 Å². The van der Waals surface area contributed by atoms with Gasteiger partial charge in [0.15, 0.2) is 0 Å². The molecule has 1 amide bonds. The van der Waals surface area contributed by atoms with Gasteiger partial charge in [-0.25, -0.2) is 0 Å². The van der Waals surface area contributed by atoms with Crippen molar-refractivity contribution in [2.24, 2.45) is 23.2 Å². The molecule has 0 unspecified atom stereocenters. The molecule has 0 spiro atoms. The van der Waals surface area contributed by atoms with Gasteiger partial charge in [0.25, 0.3) is 0 Å². The molecule has 5 atom stereocenters. The summed E-state index contributed by atoms with van der Waals surface area (Å²) in [7, 11) is 0. The minimum atomic E-state index is -1.28. The van der Waals surface area contributed by atoms with Crippen LogP contribution >= 0.6 is 0 Å². The molecule has 5 fully saturated rings. The van der Waals surface area contributed by atoms with Crippen LogP contribution in [-0.2, 0) is 17.8 Å². The first-order chi connectivity index (χ1) is 16.3. The molecular weight excluding hydrogens is 438 g/mol. The molecule has 0 radical (unpaired) electrons. The van der Waals surface area contributed by atoms with E-state index in [4.69, 9.17) is 0 Å². The zero-order valence-electron chi connectivity index (χ0n) is 20.0. The van der Waals surface area contributed by atoms with Gasteiger partial charge in [-0.15, -0.1) is 5.10 Å². The number of nitrogens with one attached hydrogen (secondary N) is 1. The summed E-state index contributed by atoms with van der Waals surface area (Å²) in [6.07, 6.45) is 8.15. The van der Waals surface area contributed by atoms with E-state index >= 15 is 0 Å². The van der Waals surface area contributed by atoms with Gasteiger partial charge in [0.2, 0.25) is 5.91 Å². The number of piperidine rings is 1. The average molecular weight is 478 g/mol. The molecule has 1 aliphatic heterocycles. The Balaban J connectivity index is 1.25. The van der Waals surface area contributed by atoms with Crippen LogP contribution in [0.1, 0.15) is 51.1 Å². The Morgan fingerprint density at radius 2 is 1.68 bits per heavy atom. The molecule has 5 aliphatic rings. The fourth-order valence-corrected chi connectivity index (χ4v) is 8.10. The smallest absolute Gasteiger partial charge is 0.217 e. The summed E-state index contributed by atoms with van der Waals surface area (Å²) < 4.78 is 1.99. The number of aliphatic hydroxyl groups excluding tert-OH is 4. The zero-order chi connectivity index (χ0) is 24.0. The van der Waals surface area contributed by atoms with Crippen molar-refractivity contribution in [3.05, 3.63) is 11.9 Å². The van der Waals surface area contributed by atoms with Crippen molar-refractivity contribution in [1.82, 2.24) is 25.2 Å². The highest BCUT2D eigenvalue weighted by Gasteiger charge is 2.51. The topological polar surface area (TPSA) is 144 Å². The molecule has 5 N–H and O–H groups in total. The van der Waals surface area contributed by atoms with Crippen LogP contribution in [0.2, 0.25) is 0 Å². The second-order valence-corrected chi connectivity index (χ2v) is 11.5. The van der Waals surface area contributed by atoms with Crippen LogP contribution in [0.25, 0.3) is 0 Å². The van der Waals surface area contributed by atoms with Gasteiger partial charge in [0, 0.05) is 32.6 Å². The van der Waals surface area contributed by atoms with Crippen LogP contribution in [-0.4, -0.2) is 96.3 Å². The molecule has 1 aromatic heterocycles. The Morgan fingerprint density at radius 3 is 2.24 bits per heavy atom. The molecule has 10 nitrogen and oxygen atoms in total. The lowest BCUT2D eigenvalue weighted by molar-refractivity contribution is -0.144. The standard InChI is InChI=1S/C24H39N5O5/c1-14(32)25-21-19(11-30)29(20(12-31)22(33)23(21)34)3-2-18-10-28(27-26-18)13-24-7-15-4-16(8-24)6-17(5-15)9-24/h10,15-17,19-23,30-31,33-34H,2-9,11-13H2,1H3,(H,25,32)/t15-,16-,17?,19-,20-,21+,22-,23-,24?/m1/s1. The van der Waals surface area contributed by atoms with Crippen LogP contribution in [0.3, 0.4) is 0 Å². The van der Waals surface area contributed by atoms with Crippen molar-refractivity contribution >= 4 is 5.91 Å². The van der Waals surface area contributed by atoms with E-state index in [1.54, 1.807) is 4.90 Å². The Kier molecular flexibility index (Phi) is 6.71. The maximum absolute atomic E-state index is 11.7. The number of carbonyl (C=O) groups is 1. The average Bonchev–Trinajstić information content (AvgIpc) is 3.21. The van der Waals surface area contributed by atoms with E-state index in [0.717, 1.165) is 30.0 Å². The van der Waals surface area contributed by atoms with E-state index in [2.05, 4.69) is 15.6 Å². The van der Waals surface area contributed by atoms with Crippen molar-refractivity contribution in [1.29, 1.82) is 0 Å². The quantitative estimate of drug-likeness (QED) is 0.331. The minimum absolute atomic E-state index is 0.329. The summed E-state index contributed by atoms with van der Waals surface area (Å²) in [5.41, 5.74) is 1.18. The first-order valence-electron chi connectivity index (χ1n) is 12.8. The van der Waals surface area contributed by atoms with Crippen LogP contribution in [0.15, 0.2) is 6.20 Å². The van der Waals surface area contributed by atoms with E-state index in [9.17, 15) is 25.2 Å².